The van der Waals surface area contributed by atoms with Crippen LogP contribution < -0.4 is 5.32 Å². The molecule has 2 heterocycles. The molecule has 0 aliphatic carbocycles. The molecule has 2 aromatic rings. The van der Waals surface area contributed by atoms with Crippen molar-refractivity contribution in [3.8, 4) is 10.8 Å². The Bertz CT molecular complexity index is 476. The number of nitrogens with one attached hydrogen (secondary N) is 1. The van der Waals surface area contributed by atoms with Gasteiger partial charge in [-0.25, -0.2) is 0 Å². The highest BCUT2D eigenvalue weighted by atomic mass is 32.1. The van der Waals surface area contributed by atoms with Crippen molar-refractivity contribution in [3.63, 3.8) is 0 Å². The van der Waals surface area contributed by atoms with E-state index in [2.05, 4.69) is 42.3 Å². The van der Waals surface area contributed by atoms with E-state index in [1.54, 1.807) is 11.3 Å². The van der Waals surface area contributed by atoms with E-state index in [1.807, 2.05) is 6.07 Å². The average Bonchev–Trinajstić information content (AvgIpc) is 2.94. The molecule has 4 nitrogen and oxygen atoms in total. The third-order valence-corrected chi connectivity index (χ3v) is 3.57. The maximum absolute atomic E-state index is 5.25. The molecule has 0 bridgehead atoms. The first kappa shape index (κ1) is 12.3. The average molecular weight is 251 g/mol. The van der Waals surface area contributed by atoms with Crippen molar-refractivity contribution >= 4 is 11.3 Å². The lowest BCUT2D eigenvalue weighted by Gasteiger charge is -2.02. The lowest BCUT2D eigenvalue weighted by atomic mass is 10.3. The zero-order valence-corrected chi connectivity index (χ0v) is 11.2. The highest BCUT2D eigenvalue weighted by molar-refractivity contribution is 7.15. The van der Waals surface area contributed by atoms with Crippen LogP contribution in [-0.4, -0.2) is 16.2 Å². The van der Waals surface area contributed by atoms with E-state index in [0.29, 0.717) is 24.3 Å². The van der Waals surface area contributed by atoms with Crippen molar-refractivity contribution in [1.82, 2.24) is 15.5 Å². The van der Waals surface area contributed by atoms with Gasteiger partial charge in [0.15, 0.2) is 5.82 Å². The minimum Gasteiger partial charge on any atom is -0.333 e. The Labute approximate surface area is 105 Å². The second-order valence-corrected chi connectivity index (χ2v) is 5.34. The van der Waals surface area contributed by atoms with E-state index >= 15 is 0 Å². The highest BCUT2D eigenvalue weighted by Gasteiger charge is 2.10. The van der Waals surface area contributed by atoms with Crippen LogP contribution in [0.25, 0.3) is 10.8 Å². The van der Waals surface area contributed by atoms with E-state index in [0.717, 1.165) is 11.3 Å². The molecule has 0 aromatic carbocycles. The molecule has 0 spiro atoms. The van der Waals surface area contributed by atoms with Gasteiger partial charge in [-0.1, -0.05) is 25.9 Å². The summed E-state index contributed by atoms with van der Waals surface area (Å²) in [5.74, 6) is 1.33. The SMILES string of the molecule is CCc1ccc(-c2nc(CNC(C)C)no2)s1. The number of hydrogen-bond acceptors (Lipinski definition) is 5. The first-order valence-electron chi connectivity index (χ1n) is 5.84. The summed E-state index contributed by atoms with van der Waals surface area (Å²) >= 11 is 1.71. The van der Waals surface area contributed by atoms with Crippen LogP contribution in [0.2, 0.25) is 0 Å². The van der Waals surface area contributed by atoms with Crippen LogP contribution in [0.15, 0.2) is 16.7 Å². The van der Waals surface area contributed by atoms with Crippen molar-refractivity contribution in [1.29, 1.82) is 0 Å². The normalized spacial score (nSPS) is 11.3. The second kappa shape index (κ2) is 5.42. The van der Waals surface area contributed by atoms with Crippen molar-refractivity contribution in [2.24, 2.45) is 0 Å². The van der Waals surface area contributed by atoms with Crippen LogP contribution in [0, 0.1) is 0 Å². The Hall–Kier alpha value is -1.20. The Morgan fingerprint density at radius 3 is 2.88 bits per heavy atom. The molecule has 1 N–H and O–H groups in total. The maximum Gasteiger partial charge on any atom is 0.268 e. The van der Waals surface area contributed by atoms with Gasteiger partial charge >= 0.3 is 0 Å². The van der Waals surface area contributed by atoms with Gasteiger partial charge in [-0.05, 0) is 18.6 Å². The number of rotatable bonds is 5. The smallest absolute Gasteiger partial charge is 0.268 e. The first-order chi connectivity index (χ1) is 8.19. The van der Waals surface area contributed by atoms with E-state index in [4.69, 9.17) is 4.52 Å². The molecule has 0 unspecified atom stereocenters. The summed E-state index contributed by atoms with van der Waals surface area (Å²) in [7, 11) is 0. The fourth-order valence-electron chi connectivity index (χ4n) is 1.40. The molecule has 0 amide bonds. The third kappa shape index (κ3) is 3.14. The lowest BCUT2D eigenvalue weighted by molar-refractivity contribution is 0.418. The van der Waals surface area contributed by atoms with Crippen molar-refractivity contribution in [3.05, 3.63) is 22.8 Å². The number of thiophene rings is 1. The second-order valence-electron chi connectivity index (χ2n) is 4.17. The minimum absolute atomic E-state index is 0.422. The molecular formula is C12H17N3OS. The summed E-state index contributed by atoms with van der Waals surface area (Å²) in [6.45, 7) is 6.97. The van der Waals surface area contributed by atoms with Gasteiger partial charge in [-0.15, -0.1) is 11.3 Å². The van der Waals surface area contributed by atoms with Crippen molar-refractivity contribution in [2.45, 2.75) is 39.8 Å². The molecule has 92 valence electrons. The van der Waals surface area contributed by atoms with E-state index < -0.39 is 0 Å². The van der Waals surface area contributed by atoms with Crippen LogP contribution in [0.4, 0.5) is 0 Å². The van der Waals surface area contributed by atoms with Crippen molar-refractivity contribution < 1.29 is 4.52 Å². The molecule has 0 saturated carbocycles. The summed E-state index contributed by atoms with van der Waals surface area (Å²) in [6.07, 6.45) is 1.04. The van der Waals surface area contributed by atoms with Crippen molar-refractivity contribution in [2.75, 3.05) is 0 Å². The molecule has 0 saturated heterocycles. The summed E-state index contributed by atoms with van der Waals surface area (Å²) in [5.41, 5.74) is 0. The molecule has 2 rings (SSSR count). The predicted octanol–water partition coefficient (Wildman–Crippen LogP) is 2.86. The Balaban J connectivity index is 2.07. The number of nitrogens with zero attached hydrogens (tertiary/aromatic N) is 2. The molecule has 0 radical (unpaired) electrons. The van der Waals surface area contributed by atoms with Crippen LogP contribution >= 0.6 is 11.3 Å². The fraction of sp³-hybridized carbons (Fsp3) is 0.500. The molecule has 2 aromatic heterocycles. The van der Waals surface area contributed by atoms with Gasteiger partial charge < -0.3 is 9.84 Å². The Kier molecular flexibility index (Phi) is 3.91. The van der Waals surface area contributed by atoms with Gasteiger partial charge in [0.25, 0.3) is 5.89 Å². The molecule has 0 aliphatic rings. The third-order valence-electron chi connectivity index (χ3n) is 2.36. The van der Waals surface area contributed by atoms with Gasteiger partial charge in [-0.2, -0.15) is 4.98 Å². The molecule has 5 heteroatoms. The van der Waals surface area contributed by atoms with Crippen LogP contribution in [-0.2, 0) is 13.0 Å². The number of aromatic nitrogens is 2. The van der Waals surface area contributed by atoms with Crippen LogP contribution in [0.3, 0.4) is 0 Å². The maximum atomic E-state index is 5.25. The predicted molar refractivity (Wildman–Crippen MR) is 69.0 cm³/mol. The standard InChI is InChI=1S/C12H17N3OS/c1-4-9-5-6-10(17-9)12-14-11(15-16-12)7-13-8(2)3/h5-6,8,13H,4,7H2,1-3H3. The quantitative estimate of drug-likeness (QED) is 0.887. The fourth-order valence-corrected chi connectivity index (χ4v) is 2.27. The Morgan fingerprint density at radius 2 is 2.24 bits per heavy atom. The van der Waals surface area contributed by atoms with Crippen LogP contribution in [0.5, 0.6) is 0 Å². The zero-order valence-electron chi connectivity index (χ0n) is 10.4. The summed E-state index contributed by atoms with van der Waals surface area (Å²) in [5, 5.41) is 7.22. The molecule has 0 aliphatic heterocycles. The lowest BCUT2D eigenvalue weighted by Crippen LogP contribution is -2.22. The van der Waals surface area contributed by atoms with E-state index in [1.165, 1.54) is 4.88 Å². The molecule has 17 heavy (non-hydrogen) atoms. The van der Waals surface area contributed by atoms with Gasteiger partial charge in [0.05, 0.1) is 11.4 Å². The number of aryl methyl sites for hydroxylation is 1. The van der Waals surface area contributed by atoms with Gasteiger partial charge in [-0.3, -0.25) is 0 Å². The van der Waals surface area contributed by atoms with Gasteiger partial charge in [0, 0.05) is 10.9 Å². The molecule has 0 fully saturated rings. The Morgan fingerprint density at radius 1 is 1.41 bits per heavy atom. The molecular weight excluding hydrogens is 234 g/mol. The summed E-state index contributed by atoms with van der Waals surface area (Å²) in [4.78, 5) is 6.75. The molecule has 0 atom stereocenters. The summed E-state index contributed by atoms with van der Waals surface area (Å²) < 4.78 is 5.25. The van der Waals surface area contributed by atoms with Gasteiger partial charge in [0.1, 0.15) is 0 Å². The van der Waals surface area contributed by atoms with Gasteiger partial charge in [0.2, 0.25) is 0 Å². The monoisotopic (exact) mass is 251 g/mol. The van der Waals surface area contributed by atoms with E-state index in [9.17, 15) is 0 Å². The first-order valence-corrected chi connectivity index (χ1v) is 6.65. The topological polar surface area (TPSA) is 51.0 Å². The number of hydrogen-bond donors (Lipinski definition) is 1. The summed E-state index contributed by atoms with van der Waals surface area (Å²) in [6, 6.07) is 4.57. The highest BCUT2D eigenvalue weighted by Crippen LogP contribution is 2.26. The van der Waals surface area contributed by atoms with Crippen LogP contribution in [0.1, 0.15) is 31.5 Å². The van der Waals surface area contributed by atoms with E-state index in [-0.39, 0.29) is 0 Å². The largest absolute Gasteiger partial charge is 0.333 e. The zero-order chi connectivity index (χ0) is 12.3. The minimum atomic E-state index is 0.422.